The standard InChI is InChI=1S/C16H34N2O.CH2O.I2S/c1-11(2)13(4)14(19)17-12(3)10-16(8,9)18-15(5,6)7;1-2;1-3-2/h11-13,18H,10H2,1-9H3,(H,17,19);1H2;. The van der Waals surface area contributed by atoms with E-state index in [1.165, 1.54) is 0 Å². The zero-order chi connectivity index (χ0) is 20.1. The summed E-state index contributed by atoms with van der Waals surface area (Å²) >= 11 is 4.38. The Hall–Kier alpha value is 0.910. The Bertz CT molecular complexity index is 335. The number of halogens is 2. The van der Waals surface area contributed by atoms with Crippen molar-refractivity contribution in [2.75, 3.05) is 0 Å². The summed E-state index contributed by atoms with van der Waals surface area (Å²) in [6.45, 7) is 21.1. The summed E-state index contributed by atoms with van der Waals surface area (Å²) in [7, 11) is 0. The first-order chi connectivity index (χ1) is 10.8. The third-order valence-corrected chi connectivity index (χ3v) is 3.33. The number of carbonyl (C=O) groups is 2. The maximum Gasteiger partial charge on any atom is 0.223 e. The predicted molar refractivity (Wildman–Crippen MR) is 126 cm³/mol. The van der Waals surface area contributed by atoms with Gasteiger partial charge in [0.2, 0.25) is 5.91 Å². The molecule has 0 heterocycles. The van der Waals surface area contributed by atoms with Crippen LogP contribution in [0.3, 0.4) is 0 Å². The smallest absolute Gasteiger partial charge is 0.223 e. The first kappa shape index (κ1) is 29.7. The monoisotopic (exact) mass is 586 g/mol. The second-order valence-corrected chi connectivity index (χ2v) is 15.8. The van der Waals surface area contributed by atoms with E-state index in [-0.39, 0.29) is 28.9 Å². The van der Waals surface area contributed by atoms with Gasteiger partial charge in [-0.15, -0.1) is 0 Å². The summed E-state index contributed by atoms with van der Waals surface area (Å²) in [5.74, 6) is 0.614. The topological polar surface area (TPSA) is 58.2 Å². The molecule has 2 N–H and O–H groups in total. The maximum atomic E-state index is 12.0. The molecule has 0 bridgehead atoms. The molecular weight excluding hydrogens is 550 g/mol. The summed E-state index contributed by atoms with van der Waals surface area (Å²) in [6.07, 6.45) is 2.61. The average Bonchev–Trinajstić information content (AvgIpc) is 2.36. The van der Waals surface area contributed by atoms with Crippen molar-refractivity contribution in [1.29, 1.82) is 0 Å². The molecular formula is C17H36I2N2O2S. The van der Waals surface area contributed by atoms with Gasteiger partial charge in [-0.1, -0.05) is 20.8 Å². The molecule has 0 saturated carbocycles. The molecule has 0 radical (unpaired) electrons. The Morgan fingerprint density at radius 3 is 1.71 bits per heavy atom. The molecule has 0 fully saturated rings. The lowest BCUT2D eigenvalue weighted by molar-refractivity contribution is -0.126. The van der Waals surface area contributed by atoms with Crippen molar-refractivity contribution in [2.45, 2.75) is 85.9 Å². The molecule has 0 aliphatic rings. The quantitative estimate of drug-likeness (QED) is 0.400. The normalized spacial score (nSPS) is 13.8. The van der Waals surface area contributed by atoms with E-state index in [1.54, 1.807) is 6.10 Å². The number of hydrogen-bond acceptors (Lipinski definition) is 4. The molecule has 0 aliphatic carbocycles. The maximum absolute atomic E-state index is 12.0. The number of nitrogens with one attached hydrogen (secondary N) is 2. The molecule has 0 spiro atoms. The van der Waals surface area contributed by atoms with Crippen molar-refractivity contribution in [3.63, 3.8) is 0 Å². The summed E-state index contributed by atoms with van der Waals surface area (Å²) < 4.78 is 0. The van der Waals surface area contributed by atoms with Crippen LogP contribution in [0.5, 0.6) is 0 Å². The van der Waals surface area contributed by atoms with E-state index < -0.39 is 0 Å². The lowest BCUT2D eigenvalue weighted by Crippen LogP contribution is -2.53. The van der Waals surface area contributed by atoms with Crippen LogP contribution in [0.1, 0.15) is 68.7 Å². The fourth-order valence-corrected chi connectivity index (χ4v) is 2.56. The Morgan fingerprint density at radius 2 is 1.42 bits per heavy atom. The van der Waals surface area contributed by atoms with Crippen LogP contribution in [0.2, 0.25) is 0 Å². The summed E-state index contributed by atoms with van der Waals surface area (Å²) in [5.41, 5.74) is 0.0878. The van der Waals surface area contributed by atoms with E-state index >= 15 is 0 Å². The number of carbonyl (C=O) groups excluding carboxylic acids is 2. The van der Waals surface area contributed by atoms with Crippen LogP contribution in [0.25, 0.3) is 0 Å². The van der Waals surface area contributed by atoms with Gasteiger partial charge in [-0.2, -0.15) is 0 Å². The molecule has 4 nitrogen and oxygen atoms in total. The zero-order valence-electron chi connectivity index (χ0n) is 16.6. The van der Waals surface area contributed by atoms with E-state index in [4.69, 9.17) is 4.79 Å². The minimum Gasteiger partial charge on any atom is -0.353 e. The van der Waals surface area contributed by atoms with Gasteiger partial charge in [0, 0.05) is 65.4 Å². The van der Waals surface area contributed by atoms with Gasteiger partial charge in [0.25, 0.3) is 0 Å². The van der Waals surface area contributed by atoms with E-state index in [0.717, 1.165) is 6.42 Å². The van der Waals surface area contributed by atoms with Gasteiger partial charge in [0.15, 0.2) is 0 Å². The van der Waals surface area contributed by atoms with Gasteiger partial charge in [-0.25, -0.2) is 0 Å². The Balaban J connectivity index is -0.000000786. The highest BCUT2D eigenvalue weighted by Crippen LogP contribution is 2.19. The van der Waals surface area contributed by atoms with Crippen molar-refractivity contribution in [3.05, 3.63) is 0 Å². The van der Waals surface area contributed by atoms with E-state index in [9.17, 15) is 4.79 Å². The van der Waals surface area contributed by atoms with Crippen molar-refractivity contribution in [1.82, 2.24) is 10.6 Å². The lowest BCUT2D eigenvalue weighted by Gasteiger charge is -2.37. The third-order valence-electron chi connectivity index (χ3n) is 3.33. The number of hydrogen-bond donors (Lipinski definition) is 2. The first-order valence-electron chi connectivity index (χ1n) is 8.03. The van der Waals surface area contributed by atoms with Crippen LogP contribution >= 0.6 is 48.5 Å². The molecule has 0 rings (SSSR count). The Kier molecular flexibility index (Phi) is 18.6. The summed E-state index contributed by atoms with van der Waals surface area (Å²) in [4.78, 5) is 20.0. The molecule has 146 valence electrons. The first-order valence-corrected chi connectivity index (χ1v) is 13.9. The van der Waals surface area contributed by atoms with Gasteiger partial charge in [-0.05, 0) is 60.0 Å². The van der Waals surface area contributed by atoms with Crippen LogP contribution in [0.4, 0.5) is 0 Å². The van der Waals surface area contributed by atoms with Crippen LogP contribution < -0.4 is 10.6 Å². The van der Waals surface area contributed by atoms with E-state index in [2.05, 4.69) is 108 Å². The Labute approximate surface area is 178 Å². The van der Waals surface area contributed by atoms with Gasteiger partial charge >= 0.3 is 0 Å². The largest absolute Gasteiger partial charge is 0.353 e. The molecule has 0 aromatic heterocycles. The highest BCUT2D eigenvalue weighted by atomic mass is 127. The fraction of sp³-hybridized carbons (Fsp3) is 0.882. The average molecular weight is 586 g/mol. The van der Waals surface area contributed by atoms with Gasteiger partial charge in [-0.3, -0.25) is 4.79 Å². The highest BCUT2D eigenvalue weighted by molar-refractivity contribution is 14.3. The molecule has 2 atom stereocenters. The van der Waals surface area contributed by atoms with Crippen LogP contribution in [0, 0.1) is 11.8 Å². The second-order valence-electron chi connectivity index (χ2n) is 7.96. The van der Waals surface area contributed by atoms with Crippen LogP contribution in [-0.4, -0.2) is 29.8 Å². The minimum absolute atomic E-state index is 0.00597. The SMILES string of the molecule is C=O.CC(CC(C)(C)NC(C)(C)C)NC(=O)C(C)C(C)C.ISI. The molecule has 1 amide bonds. The van der Waals surface area contributed by atoms with Crippen molar-refractivity contribution in [3.8, 4) is 0 Å². The second kappa shape index (κ2) is 15.0. The molecule has 0 aromatic rings. The van der Waals surface area contributed by atoms with Gasteiger partial charge in [0.1, 0.15) is 6.79 Å². The molecule has 0 aromatic carbocycles. The molecule has 2 unspecified atom stereocenters. The van der Waals surface area contributed by atoms with E-state index in [1.807, 2.05) is 13.7 Å². The van der Waals surface area contributed by atoms with Gasteiger partial charge in [0.05, 0.1) is 0 Å². The predicted octanol–water partition coefficient (Wildman–Crippen LogP) is 5.57. The highest BCUT2D eigenvalue weighted by Gasteiger charge is 2.27. The molecule has 24 heavy (non-hydrogen) atoms. The molecule has 0 saturated heterocycles. The van der Waals surface area contributed by atoms with E-state index in [0.29, 0.717) is 5.92 Å². The molecule has 0 aliphatic heterocycles. The minimum atomic E-state index is 0.00597. The van der Waals surface area contributed by atoms with Crippen molar-refractivity contribution in [2.24, 2.45) is 11.8 Å². The van der Waals surface area contributed by atoms with Crippen molar-refractivity contribution < 1.29 is 9.59 Å². The molecule has 7 heteroatoms. The zero-order valence-corrected chi connectivity index (χ0v) is 21.8. The van der Waals surface area contributed by atoms with Crippen LogP contribution in [-0.2, 0) is 9.59 Å². The van der Waals surface area contributed by atoms with Gasteiger partial charge < -0.3 is 15.4 Å². The number of rotatable bonds is 6. The Morgan fingerprint density at radius 1 is 1.04 bits per heavy atom. The summed E-state index contributed by atoms with van der Waals surface area (Å²) in [5, 5.41) is 6.72. The van der Waals surface area contributed by atoms with Crippen molar-refractivity contribution >= 4 is 61.2 Å². The third kappa shape index (κ3) is 19.2. The number of amides is 1. The fourth-order valence-electron chi connectivity index (χ4n) is 2.56. The lowest BCUT2D eigenvalue weighted by atomic mass is 9.91. The van der Waals surface area contributed by atoms with Crippen LogP contribution in [0.15, 0.2) is 0 Å². The summed E-state index contributed by atoms with van der Waals surface area (Å²) in [6, 6.07) is 0.179.